The summed E-state index contributed by atoms with van der Waals surface area (Å²) in [6, 6.07) is 0. The van der Waals surface area contributed by atoms with Crippen molar-refractivity contribution in [1.29, 1.82) is 0 Å². The summed E-state index contributed by atoms with van der Waals surface area (Å²) in [4.78, 5) is 0. The van der Waals surface area contributed by atoms with E-state index in [-0.39, 0.29) is 11.7 Å². The lowest BCUT2D eigenvalue weighted by Crippen LogP contribution is -2.44. The number of methoxy groups -OCH3 is 1. The SMILES string of the molecule is CCOC(OC)C(C)(CCC(F)(CC(C)C)CC(C)C)C1CCCCC1. The molecule has 1 fully saturated rings. The van der Waals surface area contributed by atoms with Gasteiger partial charge in [0.1, 0.15) is 5.67 Å². The van der Waals surface area contributed by atoms with Crippen molar-refractivity contribution in [2.45, 2.75) is 111 Å². The molecule has 26 heavy (non-hydrogen) atoms. The molecule has 2 atom stereocenters. The second-order valence-electron chi connectivity index (χ2n) is 9.71. The Balaban J connectivity index is 2.98. The molecule has 0 saturated heterocycles. The van der Waals surface area contributed by atoms with E-state index >= 15 is 4.39 Å². The van der Waals surface area contributed by atoms with Gasteiger partial charge in [-0.05, 0) is 63.2 Å². The fourth-order valence-corrected chi connectivity index (χ4v) is 5.20. The van der Waals surface area contributed by atoms with Gasteiger partial charge in [0.05, 0.1) is 0 Å². The highest BCUT2D eigenvalue weighted by molar-refractivity contribution is 4.92. The zero-order chi connectivity index (χ0) is 19.8. The summed E-state index contributed by atoms with van der Waals surface area (Å²) in [5.74, 6) is 1.32. The quantitative estimate of drug-likeness (QED) is 0.338. The van der Waals surface area contributed by atoms with Gasteiger partial charge in [-0.1, -0.05) is 53.9 Å². The molecule has 0 aliphatic heterocycles. The summed E-state index contributed by atoms with van der Waals surface area (Å²) in [6.07, 6.45) is 8.84. The Labute approximate surface area is 162 Å². The molecular formula is C23H45FO2. The third kappa shape index (κ3) is 7.11. The second-order valence-corrected chi connectivity index (χ2v) is 9.71. The molecule has 1 rings (SSSR count). The van der Waals surface area contributed by atoms with Crippen LogP contribution in [0.5, 0.6) is 0 Å². The lowest BCUT2D eigenvalue weighted by atomic mass is 9.65. The maximum Gasteiger partial charge on any atom is 0.162 e. The van der Waals surface area contributed by atoms with Crippen LogP contribution >= 0.6 is 0 Å². The van der Waals surface area contributed by atoms with Gasteiger partial charge in [-0.2, -0.15) is 0 Å². The van der Waals surface area contributed by atoms with Crippen molar-refractivity contribution in [3.8, 4) is 0 Å². The van der Waals surface area contributed by atoms with Gasteiger partial charge in [-0.25, -0.2) is 4.39 Å². The number of halogens is 1. The van der Waals surface area contributed by atoms with Gasteiger partial charge in [0.25, 0.3) is 0 Å². The van der Waals surface area contributed by atoms with Crippen LogP contribution in [0.25, 0.3) is 0 Å². The molecule has 1 aliphatic rings. The molecule has 3 heteroatoms. The number of alkyl halides is 1. The molecule has 1 aliphatic carbocycles. The second kappa shape index (κ2) is 11.0. The predicted octanol–water partition coefficient (Wildman–Crippen LogP) is 7.16. The molecule has 0 aromatic rings. The molecule has 0 aromatic carbocycles. The van der Waals surface area contributed by atoms with E-state index in [0.29, 0.717) is 43.6 Å². The van der Waals surface area contributed by atoms with Crippen molar-refractivity contribution in [3.63, 3.8) is 0 Å². The summed E-state index contributed by atoms with van der Waals surface area (Å²) >= 11 is 0. The van der Waals surface area contributed by atoms with Crippen molar-refractivity contribution < 1.29 is 13.9 Å². The van der Waals surface area contributed by atoms with E-state index in [4.69, 9.17) is 9.47 Å². The number of hydrogen-bond acceptors (Lipinski definition) is 2. The predicted molar refractivity (Wildman–Crippen MR) is 109 cm³/mol. The molecule has 0 bridgehead atoms. The largest absolute Gasteiger partial charge is 0.355 e. The summed E-state index contributed by atoms with van der Waals surface area (Å²) in [5.41, 5.74) is -1.20. The average Bonchev–Trinajstić information content (AvgIpc) is 2.57. The minimum atomic E-state index is -1.08. The van der Waals surface area contributed by atoms with Gasteiger partial charge in [0.15, 0.2) is 6.29 Å². The minimum absolute atomic E-state index is 0.115. The van der Waals surface area contributed by atoms with Crippen LogP contribution in [0.3, 0.4) is 0 Å². The fraction of sp³-hybridized carbons (Fsp3) is 1.00. The monoisotopic (exact) mass is 372 g/mol. The first-order valence-corrected chi connectivity index (χ1v) is 11.0. The molecule has 0 amide bonds. The summed E-state index contributed by atoms with van der Waals surface area (Å²) < 4.78 is 27.6. The van der Waals surface area contributed by atoms with Crippen molar-refractivity contribution in [2.75, 3.05) is 13.7 Å². The summed E-state index contributed by atoms with van der Waals surface area (Å²) in [7, 11) is 1.74. The lowest BCUT2D eigenvalue weighted by Gasteiger charge is -2.45. The van der Waals surface area contributed by atoms with Crippen LogP contribution < -0.4 is 0 Å². The topological polar surface area (TPSA) is 18.5 Å². The van der Waals surface area contributed by atoms with Crippen LogP contribution in [0.2, 0.25) is 0 Å². The third-order valence-corrected chi connectivity index (χ3v) is 6.27. The van der Waals surface area contributed by atoms with E-state index in [1.54, 1.807) is 7.11 Å². The summed E-state index contributed by atoms with van der Waals surface area (Å²) in [5, 5.41) is 0. The minimum Gasteiger partial charge on any atom is -0.355 e. The molecule has 0 N–H and O–H groups in total. The van der Waals surface area contributed by atoms with E-state index in [2.05, 4.69) is 34.6 Å². The van der Waals surface area contributed by atoms with Gasteiger partial charge in [-0.15, -0.1) is 0 Å². The standard InChI is InChI=1S/C23H45FO2/c1-8-26-21(25-7)22(6,20-12-10-9-11-13-20)14-15-23(24,16-18(2)3)17-19(4)5/h18-21H,8-17H2,1-7H3. The van der Waals surface area contributed by atoms with Gasteiger partial charge >= 0.3 is 0 Å². The van der Waals surface area contributed by atoms with Crippen molar-refractivity contribution in [3.05, 3.63) is 0 Å². The van der Waals surface area contributed by atoms with Gasteiger partial charge in [0.2, 0.25) is 0 Å². The van der Waals surface area contributed by atoms with E-state index in [1.807, 2.05) is 6.92 Å². The van der Waals surface area contributed by atoms with Crippen LogP contribution in [0, 0.1) is 23.2 Å². The summed E-state index contributed by atoms with van der Waals surface area (Å²) in [6.45, 7) is 13.5. The molecule has 156 valence electrons. The lowest BCUT2D eigenvalue weighted by molar-refractivity contribution is -0.210. The molecule has 0 spiro atoms. The molecule has 1 saturated carbocycles. The highest BCUT2D eigenvalue weighted by atomic mass is 19.1. The van der Waals surface area contributed by atoms with Crippen molar-refractivity contribution in [1.82, 2.24) is 0 Å². The van der Waals surface area contributed by atoms with Crippen LogP contribution in [0.4, 0.5) is 4.39 Å². The third-order valence-electron chi connectivity index (χ3n) is 6.27. The Hall–Kier alpha value is -0.150. The van der Waals surface area contributed by atoms with Gasteiger partial charge in [0, 0.05) is 19.1 Å². The highest BCUT2D eigenvalue weighted by Gasteiger charge is 2.45. The van der Waals surface area contributed by atoms with E-state index in [1.165, 1.54) is 32.1 Å². The number of rotatable bonds is 12. The maximum absolute atomic E-state index is 15.9. The molecule has 0 radical (unpaired) electrons. The smallest absolute Gasteiger partial charge is 0.162 e. The van der Waals surface area contributed by atoms with E-state index in [0.717, 1.165) is 6.42 Å². The molecule has 2 unspecified atom stereocenters. The van der Waals surface area contributed by atoms with Crippen LogP contribution in [0.15, 0.2) is 0 Å². The van der Waals surface area contributed by atoms with E-state index in [9.17, 15) is 0 Å². The zero-order valence-corrected chi connectivity index (χ0v) is 18.6. The molecule has 0 aromatic heterocycles. The van der Waals surface area contributed by atoms with Crippen molar-refractivity contribution >= 4 is 0 Å². The van der Waals surface area contributed by atoms with Crippen LogP contribution in [0.1, 0.15) is 99.3 Å². The zero-order valence-electron chi connectivity index (χ0n) is 18.6. The first-order valence-electron chi connectivity index (χ1n) is 11.0. The van der Waals surface area contributed by atoms with Gasteiger partial charge in [-0.3, -0.25) is 0 Å². The first-order chi connectivity index (χ1) is 12.2. The van der Waals surface area contributed by atoms with Gasteiger partial charge < -0.3 is 9.47 Å². The Bertz CT molecular complexity index is 360. The molecular weight excluding hydrogens is 327 g/mol. The fourth-order valence-electron chi connectivity index (χ4n) is 5.20. The number of ether oxygens (including phenoxy) is 2. The Morgan fingerprint density at radius 3 is 1.92 bits per heavy atom. The average molecular weight is 373 g/mol. The normalized spacial score (nSPS) is 20.5. The Morgan fingerprint density at radius 1 is 0.962 bits per heavy atom. The number of hydrogen-bond donors (Lipinski definition) is 0. The molecule has 0 heterocycles. The Kier molecular flexibility index (Phi) is 10.1. The van der Waals surface area contributed by atoms with Crippen LogP contribution in [-0.4, -0.2) is 25.7 Å². The highest BCUT2D eigenvalue weighted by Crippen LogP contribution is 2.48. The van der Waals surface area contributed by atoms with Crippen molar-refractivity contribution in [2.24, 2.45) is 23.2 Å². The maximum atomic E-state index is 15.9. The van der Waals surface area contributed by atoms with Crippen LogP contribution in [-0.2, 0) is 9.47 Å². The Morgan fingerprint density at radius 2 is 1.50 bits per heavy atom. The molecule has 2 nitrogen and oxygen atoms in total. The van der Waals surface area contributed by atoms with E-state index < -0.39 is 5.67 Å². The first kappa shape index (κ1) is 23.9.